The number of aromatic carboxylic acids is 1. The van der Waals surface area contributed by atoms with Gasteiger partial charge in [0.2, 0.25) is 0 Å². The summed E-state index contributed by atoms with van der Waals surface area (Å²) in [7, 11) is 0. The Hall–Kier alpha value is -1.04. The number of rotatable bonds is 4. The number of thiophene rings is 1. The minimum absolute atomic E-state index is 0.356. The molecule has 0 bridgehead atoms. The van der Waals surface area contributed by atoms with Crippen molar-refractivity contribution in [3.8, 4) is 0 Å². The quantitative estimate of drug-likeness (QED) is 0.824. The highest BCUT2D eigenvalue weighted by Crippen LogP contribution is 2.27. The van der Waals surface area contributed by atoms with Gasteiger partial charge in [0.05, 0.1) is 10.7 Å². The molecule has 0 unspecified atom stereocenters. The van der Waals surface area contributed by atoms with Crippen LogP contribution in [0.25, 0.3) is 0 Å². The highest BCUT2D eigenvalue weighted by Gasteiger charge is 2.11. The van der Waals surface area contributed by atoms with Crippen molar-refractivity contribution in [1.82, 2.24) is 0 Å². The molecule has 6 heteroatoms. The van der Waals surface area contributed by atoms with Crippen LogP contribution in [0.4, 0.5) is 5.69 Å². The van der Waals surface area contributed by atoms with Crippen molar-refractivity contribution in [2.45, 2.75) is 13.5 Å². The fourth-order valence-corrected chi connectivity index (χ4v) is 3.05. The van der Waals surface area contributed by atoms with Gasteiger partial charge in [-0.1, -0.05) is 27.5 Å². The van der Waals surface area contributed by atoms with Gasteiger partial charge in [-0.2, -0.15) is 0 Å². The van der Waals surface area contributed by atoms with E-state index in [0.29, 0.717) is 16.4 Å². The molecule has 1 aromatic heterocycles. The Balaban J connectivity index is 2.14. The number of halogens is 2. The molecule has 0 spiro atoms. The predicted octanol–water partition coefficient (Wildman–Crippen LogP) is 4.78. The van der Waals surface area contributed by atoms with Crippen LogP contribution in [-0.4, -0.2) is 11.1 Å². The van der Waals surface area contributed by atoms with Gasteiger partial charge >= 0.3 is 5.97 Å². The van der Waals surface area contributed by atoms with Crippen LogP contribution in [0.15, 0.2) is 28.7 Å². The smallest absolute Gasteiger partial charge is 0.345 e. The number of carboxylic acid groups (broad SMARTS) is 1. The van der Waals surface area contributed by atoms with Crippen LogP contribution in [0.1, 0.15) is 20.1 Å². The van der Waals surface area contributed by atoms with E-state index in [2.05, 4.69) is 21.2 Å². The third-order valence-corrected chi connectivity index (χ3v) is 4.53. The molecule has 0 aliphatic rings. The first kappa shape index (κ1) is 14.4. The predicted molar refractivity (Wildman–Crippen MR) is 82.5 cm³/mol. The van der Waals surface area contributed by atoms with Crippen LogP contribution in [0.5, 0.6) is 0 Å². The normalized spacial score (nSPS) is 10.5. The molecule has 2 N–H and O–H groups in total. The number of anilines is 1. The SMILES string of the molecule is Cc1sc(C(=O)O)cc1CNc1cc(Br)ccc1Cl. The number of carbonyl (C=O) groups is 1. The van der Waals surface area contributed by atoms with Gasteiger partial charge in [0.1, 0.15) is 4.88 Å². The van der Waals surface area contributed by atoms with Crippen molar-refractivity contribution in [2.24, 2.45) is 0 Å². The molecule has 2 aromatic rings. The van der Waals surface area contributed by atoms with Crippen molar-refractivity contribution in [1.29, 1.82) is 0 Å². The van der Waals surface area contributed by atoms with E-state index < -0.39 is 5.97 Å². The minimum atomic E-state index is -0.889. The Labute approximate surface area is 128 Å². The molecule has 0 aliphatic heterocycles. The number of benzene rings is 1. The monoisotopic (exact) mass is 359 g/mol. The van der Waals surface area contributed by atoms with E-state index in [1.165, 1.54) is 11.3 Å². The molecule has 3 nitrogen and oxygen atoms in total. The maximum Gasteiger partial charge on any atom is 0.345 e. The molecule has 1 heterocycles. The number of carboxylic acids is 1. The Bertz CT molecular complexity index is 627. The molecule has 0 atom stereocenters. The summed E-state index contributed by atoms with van der Waals surface area (Å²) in [5, 5.41) is 12.8. The first-order valence-electron chi connectivity index (χ1n) is 5.49. The zero-order valence-corrected chi connectivity index (χ0v) is 13.2. The van der Waals surface area contributed by atoms with E-state index in [1.807, 2.05) is 19.1 Å². The van der Waals surface area contributed by atoms with Crippen LogP contribution in [0.3, 0.4) is 0 Å². The molecule has 0 saturated carbocycles. The van der Waals surface area contributed by atoms with Crippen LogP contribution in [0.2, 0.25) is 5.02 Å². The van der Waals surface area contributed by atoms with Gasteiger partial charge in [-0.3, -0.25) is 0 Å². The zero-order chi connectivity index (χ0) is 14.0. The maximum absolute atomic E-state index is 10.9. The highest BCUT2D eigenvalue weighted by atomic mass is 79.9. The van der Waals surface area contributed by atoms with Crippen molar-refractivity contribution in [2.75, 3.05) is 5.32 Å². The molecule has 100 valence electrons. The van der Waals surface area contributed by atoms with E-state index in [9.17, 15) is 4.79 Å². The summed E-state index contributed by atoms with van der Waals surface area (Å²) in [5.74, 6) is -0.889. The summed E-state index contributed by atoms with van der Waals surface area (Å²) < 4.78 is 0.938. The van der Waals surface area contributed by atoms with Gasteiger partial charge in [-0.05, 0) is 36.8 Å². The van der Waals surface area contributed by atoms with Crippen LogP contribution < -0.4 is 5.32 Å². The van der Waals surface area contributed by atoms with E-state index >= 15 is 0 Å². The molecule has 2 rings (SSSR count). The highest BCUT2D eigenvalue weighted by molar-refractivity contribution is 9.10. The number of hydrogen-bond acceptors (Lipinski definition) is 3. The lowest BCUT2D eigenvalue weighted by atomic mass is 10.2. The van der Waals surface area contributed by atoms with Crippen molar-refractivity contribution >= 4 is 50.5 Å². The lowest BCUT2D eigenvalue weighted by Crippen LogP contribution is -2.00. The van der Waals surface area contributed by atoms with Crippen molar-refractivity contribution in [3.63, 3.8) is 0 Å². The summed E-state index contributed by atoms with van der Waals surface area (Å²) in [6, 6.07) is 7.26. The number of aryl methyl sites for hydroxylation is 1. The average molecular weight is 361 g/mol. The minimum Gasteiger partial charge on any atom is -0.477 e. The second-order valence-electron chi connectivity index (χ2n) is 3.97. The summed E-state index contributed by atoms with van der Waals surface area (Å²) in [5.41, 5.74) is 1.79. The molecular formula is C13H11BrClNO2S. The molecule has 0 fully saturated rings. The average Bonchev–Trinajstić information content (AvgIpc) is 2.72. The Morgan fingerprint density at radius 1 is 1.47 bits per heavy atom. The summed E-state index contributed by atoms with van der Waals surface area (Å²) >= 11 is 10.8. The van der Waals surface area contributed by atoms with Gasteiger partial charge in [0.15, 0.2) is 0 Å². The Morgan fingerprint density at radius 3 is 2.84 bits per heavy atom. The number of nitrogens with one attached hydrogen (secondary N) is 1. The molecule has 1 aromatic carbocycles. The topological polar surface area (TPSA) is 49.3 Å². The summed E-state index contributed by atoms with van der Waals surface area (Å²) in [6.45, 7) is 2.46. The van der Waals surface area contributed by atoms with Gasteiger partial charge in [0, 0.05) is 15.9 Å². The first-order valence-corrected chi connectivity index (χ1v) is 7.47. The van der Waals surface area contributed by atoms with Gasteiger partial charge in [0.25, 0.3) is 0 Å². The number of hydrogen-bond donors (Lipinski definition) is 2. The first-order chi connectivity index (χ1) is 8.97. The molecule has 19 heavy (non-hydrogen) atoms. The van der Waals surface area contributed by atoms with Crippen LogP contribution >= 0.6 is 38.9 Å². The fourth-order valence-electron chi connectivity index (χ4n) is 1.62. The molecule has 0 aliphatic carbocycles. The van der Waals surface area contributed by atoms with Crippen LogP contribution in [0, 0.1) is 6.92 Å². The molecule has 0 radical (unpaired) electrons. The van der Waals surface area contributed by atoms with Gasteiger partial charge in [-0.15, -0.1) is 11.3 Å². The molecule has 0 saturated heterocycles. The second kappa shape index (κ2) is 5.94. The second-order valence-corrected chi connectivity index (χ2v) is 6.55. The Morgan fingerprint density at radius 2 is 2.21 bits per heavy atom. The lowest BCUT2D eigenvalue weighted by Gasteiger charge is -2.08. The van der Waals surface area contributed by atoms with E-state index in [4.69, 9.17) is 16.7 Å². The largest absolute Gasteiger partial charge is 0.477 e. The lowest BCUT2D eigenvalue weighted by molar-refractivity contribution is 0.0702. The maximum atomic E-state index is 10.9. The zero-order valence-electron chi connectivity index (χ0n) is 10.0. The van der Waals surface area contributed by atoms with E-state index in [1.54, 1.807) is 12.1 Å². The summed E-state index contributed by atoms with van der Waals surface area (Å²) in [6.07, 6.45) is 0. The van der Waals surface area contributed by atoms with Gasteiger partial charge < -0.3 is 10.4 Å². The van der Waals surface area contributed by atoms with Crippen LogP contribution in [-0.2, 0) is 6.54 Å². The fraction of sp³-hybridized carbons (Fsp3) is 0.154. The Kier molecular flexibility index (Phi) is 4.50. The standard InChI is InChI=1S/C13H11BrClNO2S/c1-7-8(4-12(19-7)13(17)18)6-16-11-5-9(14)2-3-10(11)15/h2-5,16H,6H2,1H3,(H,17,18). The third-order valence-electron chi connectivity index (χ3n) is 2.63. The van der Waals surface area contributed by atoms with Gasteiger partial charge in [-0.25, -0.2) is 4.79 Å². The van der Waals surface area contributed by atoms with Crippen molar-refractivity contribution in [3.05, 3.63) is 49.1 Å². The van der Waals surface area contributed by atoms with E-state index in [-0.39, 0.29) is 0 Å². The van der Waals surface area contributed by atoms with E-state index in [0.717, 1.165) is 20.6 Å². The van der Waals surface area contributed by atoms with Crippen molar-refractivity contribution < 1.29 is 9.90 Å². The third kappa shape index (κ3) is 3.49. The summed E-state index contributed by atoms with van der Waals surface area (Å²) in [4.78, 5) is 12.3. The molecule has 0 amide bonds. The molecular weight excluding hydrogens is 350 g/mol.